The second kappa shape index (κ2) is 10.8. The van der Waals surface area contributed by atoms with Crippen LogP contribution in [-0.2, 0) is 14.3 Å². The first-order chi connectivity index (χ1) is 13.4. The number of benzene rings is 1. The summed E-state index contributed by atoms with van der Waals surface area (Å²) >= 11 is 0. The molecule has 2 unspecified atom stereocenters. The minimum Gasteiger partial charge on any atom is -0.464 e. The van der Waals surface area contributed by atoms with E-state index in [1.54, 1.807) is 38.1 Å². The van der Waals surface area contributed by atoms with Crippen molar-refractivity contribution in [3.05, 3.63) is 29.8 Å². The molecule has 2 amide bonds. The highest BCUT2D eigenvalue weighted by Crippen LogP contribution is 2.24. The van der Waals surface area contributed by atoms with Gasteiger partial charge in [-0.2, -0.15) is 0 Å². The van der Waals surface area contributed by atoms with Gasteiger partial charge in [-0.3, -0.25) is 9.59 Å². The zero-order chi connectivity index (χ0) is 20.5. The van der Waals surface area contributed by atoms with Gasteiger partial charge in [-0.05, 0) is 75.9 Å². The standard InChI is InChI=1S/C21H31N3O4/c1-4-28-21(27)15(3)23-20(26)17-5-7-18(8-6-17)24-19(25)13-14(2)16-9-11-22-12-10-16/h5-8,14-16,22H,4,9-13H2,1-3H3,(H,23,26)(H,24,25). The van der Waals surface area contributed by atoms with Crippen molar-refractivity contribution in [1.29, 1.82) is 0 Å². The fraction of sp³-hybridized carbons (Fsp3) is 0.571. The lowest BCUT2D eigenvalue weighted by Gasteiger charge is -2.27. The number of hydrogen-bond acceptors (Lipinski definition) is 5. The van der Waals surface area contributed by atoms with Crippen LogP contribution in [0.1, 0.15) is 50.4 Å². The maximum atomic E-state index is 12.3. The van der Waals surface area contributed by atoms with Gasteiger partial charge in [-0.25, -0.2) is 4.79 Å². The highest BCUT2D eigenvalue weighted by molar-refractivity contribution is 5.97. The van der Waals surface area contributed by atoms with Crippen LogP contribution in [0, 0.1) is 11.8 Å². The number of esters is 1. The van der Waals surface area contributed by atoms with Gasteiger partial charge in [-0.1, -0.05) is 6.92 Å². The molecule has 2 rings (SSSR count). The normalized spacial score (nSPS) is 16.7. The van der Waals surface area contributed by atoms with Gasteiger partial charge in [0.15, 0.2) is 0 Å². The summed E-state index contributed by atoms with van der Waals surface area (Å²) in [5.41, 5.74) is 1.06. The molecule has 1 fully saturated rings. The molecule has 0 bridgehead atoms. The topological polar surface area (TPSA) is 96.5 Å². The van der Waals surface area contributed by atoms with Crippen LogP contribution in [-0.4, -0.2) is 43.5 Å². The minimum absolute atomic E-state index is 0.0147. The molecule has 7 nitrogen and oxygen atoms in total. The molecule has 154 valence electrons. The number of carbonyl (C=O) groups excluding carboxylic acids is 3. The fourth-order valence-electron chi connectivity index (χ4n) is 3.40. The summed E-state index contributed by atoms with van der Waals surface area (Å²) in [6.45, 7) is 7.74. The SMILES string of the molecule is CCOC(=O)C(C)NC(=O)c1ccc(NC(=O)CC(C)C2CCNCC2)cc1. The first-order valence-corrected chi connectivity index (χ1v) is 9.98. The Balaban J connectivity index is 1.83. The Morgan fingerprint density at radius 3 is 2.39 bits per heavy atom. The lowest BCUT2D eigenvalue weighted by molar-refractivity contribution is -0.144. The summed E-state index contributed by atoms with van der Waals surface area (Å²) < 4.78 is 4.87. The largest absolute Gasteiger partial charge is 0.464 e. The highest BCUT2D eigenvalue weighted by atomic mass is 16.5. The lowest BCUT2D eigenvalue weighted by Crippen LogP contribution is -2.39. The molecule has 2 atom stereocenters. The van der Waals surface area contributed by atoms with Crippen LogP contribution in [0.3, 0.4) is 0 Å². The number of ether oxygens (including phenoxy) is 1. The molecule has 1 aromatic carbocycles. The van der Waals surface area contributed by atoms with Crippen LogP contribution in [0.25, 0.3) is 0 Å². The van der Waals surface area contributed by atoms with E-state index in [0.29, 0.717) is 29.5 Å². The maximum absolute atomic E-state index is 12.3. The average molecular weight is 389 g/mol. The van der Waals surface area contributed by atoms with Crippen molar-refractivity contribution >= 4 is 23.5 Å². The highest BCUT2D eigenvalue weighted by Gasteiger charge is 2.22. The number of nitrogens with one attached hydrogen (secondary N) is 3. The molecule has 0 spiro atoms. The summed E-state index contributed by atoms with van der Waals surface area (Å²) in [5, 5.41) is 8.83. The van der Waals surface area contributed by atoms with Crippen molar-refractivity contribution in [3.63, 3.8) is 0 Å². The van der Waals surface area contributed by atoms with Crippen molar-refractivity contribution in [1.82, 2.24) is 10.6 Å². The predicted octanol–water partition coefficient (Wildman–Crippen LogP) is 2.33. The summed E-state index contributed by atoms with van der Waals surface area (Å²) in [6.07, 6.45) is 2.72. The Kier molecular flexibility index (Phi) is 8.44. The average Bonchev–Trinajstić information content (AvgIpc) is 2.69. The van der Waals surface area contributed by atoms with E-state index < -0.39 is 12.0 Å². The van der Waals surface area contributed by atoms with E-state index in [1.165, 1.54) is 0 Å². The van der Waals surface area contributed by atoms with Crippen LogP contribution in [0.5, 0.6) is 0 Å². The molecule has 0 radical (unpaired) electrons. The van der Waals surface area contributed by atoms with Gasteiger partial charge in [0.25, 0.3) is 5.91 Å². The number of carbonyl (C=O) groups is 3. The van der Waals surface area contributed by atoms with Gasteiger partial charge in [0.1, 0.15) is 6.04 Å². The Morgan fingerprint density at radius 1 is 1.14 bits per heavy atom. The van der Waals surface area contributed by atoms with E-state index in [2.05, 4.69) is 22.9 Å². The summed E-state index contributed by atoms with van der Waals surface area (Å²) in [5.74, 6) is 0.0794. The molecule has 7 heteroatoms. The van der Waals surface area contributed by atoms with Gasteiger partial charge in [0.2, 0.25) is 5.91 Å². The van der Waals surface area contributed by atoms with Gasteiger partial charge in [0.05, 0.1) is 6.61 Å². The van der Waals surface area contributed by atoms with E-state index in [0.717, 1.165) is 25.9 Å². The third-order valence-electron chi connectivity index (χ3n) is 5.11. The molecular weight excluding hydrogens is 358 g/mol. The summed E-state index contributed by atoms with van der Waals surface area (Å²) in [7, 11) is 0. The van der Waals surface area contributed by atoms with Crippen molar-refractivity contribution in [2.24, 2.45) is 11.8 Å². The second-order valence-corrected chi connectivity index (χ2v) is 7.34. The molecule has 1 aliphatic heterocycles. The maximum Gasteiger partial charge on any atom is 0.328 e. The Bertz CT molecular complexity index is 669. The third kappa shape index (κ3) is 6.64. The molecule has 28 heavy (non-hydrogen) atoms. The number of hydrogen-bond donors (Lipinski definition) is 3. The summed E-state index contributed by atoms with van der Waals surface area (Å²) in [6, 6.07) is 5.91. The first-order valence-electron chi connectivity index (χ1n) is 9.98. The van der Waals surface area contributed by atoms with Crippen LogP contribution in [0.15, 0.2) is 24.3 Å². The van der Waals surface area contributed by atoms with Crippen LogP contribution in [0.2, 0.25) is 0 Å². The fourth-order valence-corrected chi connectivity index (χ4v) is 3.40. The molecule has 1 aromatic rings. The molecule has 0 saturated carbocycles. The molecule has 3 N–H and O–H groups in total. The number of rotatable bonds is 8. The Labute approximate surface area is 166 Å². The van der Waals surface area contributed by atoms with Crippen LogP contribution < -0.4 is 16.0 Å². The predicted molar refractivity (Wildman–Crippen MR) is 108 cm³/mol. The molecular formula is C21H31N3O4. The molecule has 0 aliphatic carbocycles. The van der Waals surface area contributed by atoms with Gasteiger partial charge in [-0.15, -0.1) is 0 Å². The Hall–Kier alpha value is -2.41. The lowest BCUT2D eigenvalue weighted by atomic mass is 9.84. The molecule has 0 aromatic heterocycles. The van der Waals surface area contributed by atoms with E-state index in [9.17, 15) is 14.4 Å². The van der Waals surface area contributed by atoms with Crippen LogP contribution in [0.4, 0.5) is 5.69 Å². The van der Waals surface area contributed by atoms with E-state index in [1.807, 2.05) is 0 Å². The van der Waals surface area contributed by atoms with Crippen molar-refractivity contribution in [3.8, 4) is 0 Å². The van der Waals surface area contributed by atoms with E-state index in [4.69, 9.17) is 4.74 Å². The van der Waals surface area contributed by atoms with E-state index in [-0.39, 0.29) is 18.4 Å². The van der Waals surface area contributed by atoms with E-state index >= 15 is 0 Å². The zero-order valence-electron chi connectivity index (χ0n) is 16.9. The van der Waals surface area contributed by atoms with Gasteiger partial charge in [0, 0.05) is 17.7 Å². The van der Waals surface area contributed by atoms with Gasteiger partial charge < -0.3 is 20.7 Å². The zero-order valence-corrected chi connectivity index (χ0v) is 16.9. The number of amides is 2. The molecule has 1 aliphatic rings. The second-order valence-electron chi connectivity index (χ2n) is 7.34. The quantitative estimate of drug-likeness (QED) is 0.593. The minimum atomic E-state index is -0.719. The van der Waals surface area contributed by atoms with Crippen LogP contribution >= 0.6 is 0 Å². The number of anilines is 1. The van der Waals surface area contributed by atoms with Crippen molar-refractivity contribution < 1.29 is 19.1 Å². The molecule has 1 saturated heterocycles. The smallest absolute Gasteiger partial charge is 0.328 e. The van der Waals surface area contributed by atoms with Crippen molar-refractivity contribution in [2.45, 2.75) is 46.1 Å². The molecule has 1 heterocycles. The Morgan fingerprint density at radius 2 is 1.79 bits per heavy atom. The van der Waals surface area contributed by atoms with Crippen molar-refractivity contribution in [2.75, 3.05) is 25.0 Å². The summed E-state index contributed by atoms with van der Waals surface area (Å²) in [4.78, 5) is 36.1. The monoisotopic (exact) mass is 389 g/mol. The van der Waals surface area contributed by atoms with Gasteiger partial charge >= 0.3 is 5.97 Å². The number of piperidine rings is 1. The first kappa shape index (κ1) is 21.9. The third-order valence-corrected chi connectivity index (χ3v) is 5.11.